The lowest BCUT2D eigenvalue weighted by molar-refractivity contribution is -0.380. The zero-order chi connectivity index (χ0) is 16.8. The first kappa shape index (κ1) is 17.4. The van der Waals surface area contributed by atoms with Crippen molar-refractivity contribution >= 4 is 28.2 Å². The molecule has 23 heavy (non-hydrogen) atoms. The lowest BCUT2D eigenvalue weighted by atomic mass is 10.3. The van der Waals surface area contributed by atoms with Gasteiger partial charge in [0.2, 0.25) is 0 Å². The highest BCUT2D eigenvalue weighted by Crippen LogP contribution is 2.25. The average Bonchev–Trinajstić information content (AvgIpc) is 2.89. The van der Waals surface area contributed by atoms with Crippen LogP contribution in [0.15, 0.2) is 12.1 Å². The van der Waals surface area contributed by atoms with E-state index in [-0.39, 0.29) is 23.4 Å². The van der Waals surface area contributed by atoms with Crippen molar-refractivity contribution in [3.63, 3.8) is 0 Å². The molecule has 0 atom stereocenters. The summed E-state index contributed by atoms with van der Waals surface area (Å²) >= 11 is 0.890. The second-order valence-corrected chi connectivity index (χ2v) is 6.18. The highest BCUT2D eigenvalue weighted by Gasteiger charge is 2.24. The van der Waals surface area contributed by atoms with Gasteiger partial charge in [-0.15, -0.1) is 0 Å². The summed E-state index contributed by atoms with van der Waals surface area (Å²) in [6, 6.07) is 2.84. The molecule has 1 aliphatic rings. The smallest absolute Gasteiger partial charge is 0.324 e. The van der Waals surface area contributed by atoms with Gasteiger partial charge in [0.15, 0.2) is 0 Å². The maximum atomic E-state index is 12.4. The molecule has 2 rings (SSSR count). The third-order valence-corrected chi connectivity index (χ3v) is 4.54. The zero-order valence-corrected chi connectivity index (χ0v) is 13.7. The average molecular weight is 341 g/mol. The monoisotopic (exact) mass is 341 g/mol. The predicted molar refractivity (Wildman–Crippen MR) is 84.6 cm³/mol. The minimum Gasteiger partial charge on any atom is -0.465 e. The topological polar surface area (TPSA) is 93.0 Å². The van der Waals surface area contributed by atoms with Gasteiger partial charge in [-0.05, 0) is 19.4 Å². The summed E-state index contributed by atoms with van der Waals surface area (Å²) in [4.78, 5) is 38.2. The quantitative estimate of drug-likeness (QED) is 0.456. The Balaban J connectivity index is 1.92. The van der Waals surface area contributed by atoms with Gasteiger partial charge in [0, 0.05) is 32.2 Å². The van der Waals surface area contributed by atoms with Crippen molar-refractivity contribution in [3.05, 3.63) is 27.1 Å². The van der Waals surface area contributed by atoms with Gasteiger partial charge in [0.05, 0.1) is 23.0 Å². The van der Waals surface area contributed by atoms with Crippen molar-refractivity contribution in [1.29, 1.82) is 0 Å². The van der Waals surface area contributed by atoms with Crippen LogP contribution in [0.1, 0.15) is 23.0 Å². The summed E-state index contributed by atoms with van der Waals surface area (Å²) in [5.41, 5.74) is 0. The SMILES string of the molecule is CCOC(=O)CN1CCCN(C(=O)c2ccc([N+](=O)[O-])s2)CC1. The van der Waals surface area contributed by atoms with Crippen LogP contribution in [0.3, 0.4) is 0 Å². The Morgan fingerprint density at radius 1 is 1.30 bits per heavy atom. The summed E-state index contributed by atoms with van der Waals surface area (Å²) < 4.78 is 4.93. The number of nitro groups is 1. The number of carbonyl (C=O) groups is 2. The molecule has 0 radical (unpaired) electrons. The molecular formula is C14H19N3O5S. The Bertz CT molecular complexity index is 589. The summed E-state index contributed by atoms with van der Waals surface area (Å²) in [6.07, 6.45) is 0.749. The Kier molecular flexibility index (Phi) is 6.05. The number of hydrogen-bond acceptors (Lipinski definition) is 7. The Morgan fingerprint density at radius 3 is 2.74 bits per heavy atom. The van der Waals surface area contributed by atoms with E-state index in [4.69, 9.17) is 4.74 Å². The number of carbonyl (C=O) groups excluding carboxylic acids is 2. The van der Waals surface area contributed by atoms with Crippen molar-refractivity contribution < 1.29 is 19.2 Å². The van der Waals surface area contributed by atoms with E-state index in [9.17, 15) is 19.7 Å². The molecule has 0 aliphatic carbocycles. The van der Waals surface area contributed by atoms with E-state index in [2.05, 4.69) is 0 Å². The molecule has 8 nitrogen and oxygen atoms in total. The van der Waals surface area contributed by atoms with E-state index in [1.54, 1.807) is 11.8 Å². The van der Waals surface area contributed by atoms with E-state index in [1.165, 1.54) is 12.1 Å². The van der Waals surface area contributed by atoms with Crippen molar-refractivity contribution in [1.82, 2.24) is 9.80 Å². The molecule has 1 saturated heterocycles. The Hall–Kier alpha value is -2.00. The first-order chi connectivity index (χ1) is 11.0. The number of amides is 1. The summed E-state index contributed by atoms with van der Waals surface area (Å²) in [7, 11) is 0. The number of hydrogen-bond donors (Lipinski definition) is 0. The maximum Gasteiger partial charge on any atom is 0.324 e. The fourth-order valence-corrected chi connectivity index (χ4v) is 3.21. The summed E-state index contributed by atoms with van der Waals surface area (Å²) in [6.45, 7) is 4.70. The minimum absolute atomic E-state index is 0.0351. The van der Waals surface area contributed by atoms with Crippen molar-refractivity contribution in [2.75, 3.05) is 39.3 Å². The second kappa shape index (κ2) is 8.02. The van der Waals surface area contributed by atoms with E-state index in [1.807, 2.05) is 4.90 Å². The number of esters is 1. The van der Waals surface area contributed by atoms with Gasteiger partial charge in [-0.2, -0.15) is 0 Å². The van der Waals surface area contributed by atoms with Gasteiger partial charge < -0.3 is 9.64 Å². The van der Waals surface area contributed by atoms with Crippen molar-refractivity contribution in [2.24, 2.45) is 0 Å². The highest BCUT2D eigenvalue weighted by atomic mass is 32.1. The van der Waals surface area contributed by atoms with Crippen LogP contribution in [-0.4, -0.2) is 65.9 Å². The van der Waals surface area contributed by atoms with Crippen LogP contribution in [-0.2, 0) is 9.53 Å². The van der Waals surface area contributed by atoms with Crippen molar-refractivity contribution in [2.45, 2.75) is 13.3 Å². The van der Waals surface area contributed by atoms with Gasteiger partial charge >= 0.3 is 11.0 Å². The molecule has 1 aromatic rings. The van der Waals surface area contributed by atoms with E-state index in [0.29, 0.717) is 37.7 Å². The molecule has 0 N–H and O–H groups in total. The van der Waals surface area contributed by atoms with Crippen LogP contribution >= 0.6 is 11.3 Å². The van der Waals surface area contributed by atoms with Gasteiger partial charge in [0.25, 0.3) is 5.91 Å². The molecule has 1 aliphatic heterocycles. The van der Waals surface area contributed by atoms with E-state index in [0.717, 1.165) is 17.8 Å². The Morgan fingerprint density at radius 2 is 2.09 bits per heavy atom. The first-order valence-corrected chi connectivity index (χ1v) is 8.24. The van der Waals surface area contributed by atoms with Crippen LogP contribution in [0.5, 0.6) is 0 Å². The molecule has 1 amide bonds. The highest BCUT2D eigenvalue weighted by molar-refractivity contribution is 7.17. The van der Waals surface area contributed by atoms with Gasteiger partial charge in [-0.3, -0.25) is 24.6 Å². The lowest BCUT2D eigenvalue weighted by Gasteiger charge is -2.20. The van der Waals surface area contributed by atoms with Crippen LogP contribution < -0.4 is 0 Å². The summed E-state index contributed by atoms with van der Waals surface area (Å²) in [5, 5.41) is 10.7. The molecule has 0 bridgehead atoms. The first-order valence-electron chi connectivity index (χ1n) is 7.42. The normalized spacial score (nSPS) is 16.0. The van der Waals surface area contributed by atoms with Crippen LogP contribution in [0.25, 0.3) is 0 Å². The van der Waals surface area contributed by atoms with E-state index < -0.39 is 4.92 Å². The molecule has 0 unspecified atom stereocenters. The molecule has 0 aromatic carbocycles. The third kappa shape index (κ3) is 4.73. The molecule has 1 aromatic heterocycles. The molecular weight excluding hydrogens is 322 g/mol. The molecule has 0 spiro atoms. The fraction of sp³-hybridized carbons (Fsp3) is 0.571. The second-order valence-electron chi connectivity index (χ2n) is 5.12. The van der Waals surface area contributed by atoms with Gasteiger partial charge in [-0.1, -0.05) is 11.3 Å². The Labute approximate surface area is 137 Å². The van der Waals surface area contributed by atoms with Gasteiger partial charge in [0.1, 0.15) is 0 Å². The third-order valence-electron chi connectivity index (χ3n) is 3.52. The van der Waals surface area contributed by atoms with Crippen LogP contribution in [0.4, 0.5) is 5.00 Å². The molecule has 9 heteroatoms. The molecule has 2 heterocycles. The van der Waals surface area contributed by atoms with E-state index >= 15 is 0 Å². The standard InChI is InChI=1S/C14H19N3O5S/c1-2-22-13(18)10-15-6-3-7-16(9-8-15)14(19)11-4-5-12(23-11)17(20)21/h4-5H,2-3,6-10H2,1H3. The zero-order valence-electron chi connectivity index (χ0n) is 12.9. The predicted octanol–water partition coefficient (Wildman–Crippen LogP) is 1.37. The number of thiophene rings is 1. The van der Waals surface area contributed by atoms with Crippen molar-refractivity contribution in [3.8, 4) is 0 Å². The molecule has 0 saturated carbocycles. The molecule has 1 fully saturated rings. The fourth-order valence-electron chi connectivity index (χ4n) is 2.42. The number of ether oxygens (including phenoxy) is 1. The van der Waals surface area contributed by atoms with Crippen LogP contribution in [0.2, 0.25) is 0 Å². The molecule has 126 valence electrons. The maximum absolute atomic E-state index is 12.4. The number of nitrogens with zero attached hydrogens (tertiary/aromatic N) is 3. The lowest BCUT2D eigenvalue weighted by Crippen LogP contribution is -2.36. The largest absolute Gasteiger partial charge is 0.465 e. The van der Waals surface area contributed by atoms with Gasteiger partial charge in [-0.25, -0.2) is 0 Å². The minimum atomic E-state index is -0.495. The van der Waals surface area contributed by atoms with Crippen LogP contribution in [0, 0.1) is 10.1 Å². The summed E-state index contributed by atoms with van der Waals surface area (Å²) in [5.74, 6) is -0.456. The number of rotatable bonds is 5.